The Labute approximate surface area is 221 Å². The molecule has 0 amide bonds. The Kier molecular flexibility index (Phi) is 7.41. The summed E-state index contributed by atoms with van der Waals surface area (Å²) in [4.78, 5) is 7.18. The first-order chi connectivity index (χ1) is 18.6. The van der Waals surface area contributed by atoms with Crippen LogP contribution in [0.25, 0.3) is 22.2 Å². The number of fused-ring (bicyclic) bond motifs is 1. The van der Waals surface area contributed by atoms with E-state index in [9.17, 15) is 43.5 Å². The van der Waals surface area contributed by atoms with Gasteiger partial charge in [-0.15, -0.1) is 0 Å². The minimum Gasteiger partial charge on any atom is -0.487 e. The summed E-state index contributed by atoms with van der Waals surface area (Å²) in [6.45, 7) is -1.87. The van der Waals surface area contributed by atoms with Gasteiger partial charge in [0.2, 0.25) is 0 Å². The number of alkyl halides is 8. The summed E-state index contributed by atoms with van der Waals surface area (Å²) in [5, 5.41) is 0. The second-order valence-electron chi connectivity index (χ2n) is 8.18. The van der Waals surface area contributed by atoms with E-state index in [-0.39, 0.29) is 22.8 Å². The van der Waals surface area contributed by atoms with Crippen LogP contribution in [-0.2, 0) is 10.0 Å². The van der Waals surface area contributed by atoms with Crippen molar-refractivity contribution in [3.63, 3.8) is 0 Å². The summed E-state index contributed by atoms with van der Waals surface area (Å²) in [5.74, 6) is 0.408. The van der Waals surface area contributed by atoms with Crippen molar-refractivity contribution in [2.45, 2.75) is 17.6 Å². The molecule has 0 spiro atoms. The molecule has 40 heavy (non-hydrogen) atoms. The van der Waals surface area contributed by atoms with E-state index >= 15 is 0 Å². The van der Waals surface area contributed by atoms with Crippen LogP contribution in [0.2, 0.25) is 0 Å². The maximum absolute atomic E-state index is 13.0. The maximum atomic E-state index is 13.0. The minimum absolute atomic E-state index is 0.176. The van der Waals surface area contributed by atoms with Gasteiger partial charge in [-0.2, -0.15) is 43.5 Å². The quantitative estimate of drug-likeness (QED) is 0.200. The molecule has 0 saturated carbocycles. The summed E-state index contributed by atoms with van der Waals surface area (Å²) in [5.41, 5.74) is -4.00. The van der Waals surface area contributed by atoms with Gasteiger partial charge in [0.25, 0.3) is 0 Å². The van der Waals surface area contributed by atoms with Crippen molar-refractivity contribution in [3.05, 3.63) is 78.1 Å². The average molecular weight is 589 g/mol. The number of sulfonamides is 1. The first-order valence-electron chi connectivity index (χ1n) is 10.9. The summed E-state index contributed by atoms with van der Waals surface area (Å²) >= 11 is 0. The molecule has 6 nitrogen and oxygen atoms in total. The normalized spacial score (nSPS) is 12.6. The molecule has 0 aliphatic heterocycles. The zero-order valence-corrected chi connectivity index (χ0v) is 20.5. The Morgan fingerprint density at radius 2 is 1.55 bits per heavy atom. The smallest absolute Gasteiger partial charge is 0.487 e. The summed E-state index contributed by atoms with van der Waals surface area (Å²) in [7, 11) is -5.65. The zero-order valence-electron chi connectivity index (χ0n) is 19.7. The monoisotopic (exact) mass is 589 g/mol. The maximum Gasteiger partial charge on any atom is 0.516 e. The van der Waals surface area contributed by atoms with Gasteiger partial charge in [0.1, 0.15) is 5.75 Å². The number of nitrogens with one attached hydrogen (secondary N) is 2. The van der Waals surface area contributed by atoms with Crippen molar-refractivity contribution in [2.24, 2.45) is 0 Å². The van der Waals surface area contributed by atoms with Crippen molar-refractivity contribution < 1.29 is 48.3 Å². The molecule has 3 aromatic carbocycles. The van der Waals surface area contributed by atoms with Crippen LogP contribution in [0.4, 0.5) is 40.8 Å². The second kappa shape index (κ2) is 10.3. The van der Waals surface area contributed by atoms with E-state index in [0.717, 1.165) is 0 Å². The Balaban J connectivity index is 1.52. The number of para-hydroxylation sites is 1. The fourth-order valence-electron chi connectivity index (χ4n) is 3.28. The molecule has 0 atom stereocenters. The number of hydrogen-bond acceptors (Lipinski definition) is 4. The fourth-order valence-corrected chi connectivity index (χ4v) is 3.87. The summed E-state index contributed by atoms with van der Waals surface area (Å²) in [6, 6.07) is 15.2. The molecule has 1 heterocycles. The van der Waals surface area contributed by atoms with Gasteiger partial charge >= 0.3 is 27.6 Å². The van der Waals surface area contributed by atoms with Crippen molar-refractivity contribution in [2.75, 3.05) is 11.3 Å². The number of H-pyrrole nitrogens is 1. The van der Waals surface area contributed by atoms with Crippen LogP contribution in [0.3, 0.4) is 0 Å². The van der Waals surface area contributed by atoms with E-state index in [2.05, 4.69) is 26.5 Å². The highest BCUT2D eigenvalue weighted by Gasteiger charge is 2.58. The number of hydrogen-bond donors (Lipinski definition) is 2. The molecule has 210 valence electrons. The lowest BCUT2D eigenvalue weighted by Crippen LogP contribution is -2.41. The van der Waals surface area contributed by atoms with Crippen LogP contribution in [0.5, 0.6) is 5.75 Å². The molecule has 0 unspecified atom stereocenters. The first-order valence-corrected chi connectivity index (χ1v) is 12.4. The highest BCUT2D eigenvalue weighted by atomic mass is 32.2. The van der Waals surface area contributed by atoms with Gasteiger partial charge in [0.05, 0.1) is 16.7 Å². The standard InChI is InChI=1S/C25H15F8N3O3S/c26-23(27,24(28,29)30)14-39-17-9-5-15(6-10-17)7-12-22-34-20-11-8-16(13-21(20)35-22)18-3-1-2-4-19(18)36-40(37,38)25(31,32)33/h1-6,8-11,13,36H,14H2,(H,34,35). The number of aromatic amines is 1. The van der Waals surface area contributed by atoms with Crippen LogP contribution >= 0.6 is 0 Å². The van der Waals surface area contributed by atoms with Crippen LogP contribution in [-0.4, -0.2) is 42.6 Å². The number of ether oxygens (including phenoxy) is 1. The number of benzene rings is 3. The first kappa shape index (κ1) is 28.7. The molecule has 15 heteroatoms. The highest BCUT2D eigenvalue weighted by Crippen LogP contribution is 2.36. The predicted molar refractivity (Wildman–Crippen MR) is 129 cm³/mol. The molecular formula is C25H15F8N3O3S. The summed E-state index contributed by atoms with van der Waals surface area (Å²) in [6.07, 6.45) is -5.74. The number of aromatic nitrogens is 2. The lowest BCUT2D eigenvalue weighted by Gasteiger charge is -2.19. The van der Waals surface area contributed by atoms with Crippen molar-refractivity contribution >= 4 is 26.7 Å². The van der Waals surface area contributed by atoms with Crippen molar-refractivity contribution in [1.82, 2.24) is 9.97 Å². The number of anilines is 1. The molecule has 0 aliphatic carbocycles. The number of halogens is 8. The van der Waals surface area contributed by atoms with Gasteiger partial charge in [0, 0.05) is 11.1 Å². The van der Waals surface area contributed by atoms with E-state index in [1.165, 1.54) is 60.7 Å². The summed E-state index contributed by atoms with van der Waals surface area (Å²) < 4.78 is 131. The highest BCUT2D eigenvalue weighted by molar-refractivity contribution is 7.93. The predicted octanol–water partition coefficient (Wildman–Crippen LogP) is 6.47. The van der Waals surface area contributed by atoms with E-state index in [4.69, 9.17) is 0 Å². The molecule has 0 radical (unpaired) electrons. The molecule has 0 bridgehead atoms. The van der Waals surface area contributed by atoms with Gasteiger partial charge < -0.3 is 9.72 Å². The Hall–Kier alpha value is -4.32. The van der Waals surface area contributed by atoms with E-state index in [0.29, 0.717) is 22.2 Å². The molecule has 0 fully saturated rings. The SMILES string of the molecule is O=S(=O)(Nc1ccccc1-c1ccc2nc(C#Cc3ccc(OCC(F)(F)C(F)(F)F)cc3)[nH]c2c1)C(F)(F)F. The van der Waals surface area contributed by atoms with Crippen LogP contribution in [0.15, 0.2) is 66.7 Å². The number of rotatable bonds is 6. The Bertz CT molecular complexity index is 1700. The zero-order chi connectivity index (χ0) is 29.3. The largest absolute Gasteiger partial charge is 0.516 e. The van der Waals surface area contributed by atoms with E-state index in [1.54, 1.807) is 10.8 Å². The topological polar surface area (TPSA) is 84.1 Å². The van der Waals surface area contributed by atoms with Gasteiger partial charge in [0.15, 0.2) is 12.4 Å². The van der Waals surface area contributed by atoms with Crippen LogP contribution in [0.1, 0.15) is 11.4 Å². The number of imidazole rings is 1. The molecule has 2 N–H and O–H groups in total. The third-order valence-electron chi connectivity index (χ3n) is 5.28. The molecule has 1 aromatic heterocycles. The second-order valence-corrected chi connectivity index (χ2v) is 9.85. The minimum atomic E-state index is -5.74. The third kappa shape index (κ3) is 6.28. The van der Waals surface area contributed by atoms with Gasteiger partial charge in [-0.1, -0.05) is 30.2 Å². The number of nitrogens with zero attached hydrogens (tertiary/aromatic N) is 1. The third-order valence-corrected chi connectivity index (χ3v) is 6.38. The van der Waals surface area contributed by atoms with Crippen LogP contribution < -0.4 is 9.46 Å². The van der Waals surface area contributed by atoms with Crippen molar-refractivity contribution in [1.29, 1.82) is 0 Å². The average Bonchev–Trinajstić information content (AvgIpc) is 3.28. The molecule has 4 rings (SSSR count). The lowest BCUT2D eigenvalue weighted by atomic mass is 10.0. The molecule has 0 aliphatic rings. The lowest BCUT2D eigenvalue weighted by molar-refractivity contribution is -0.290. The Morgan fingerprint density at radius 3 is 2.20 bits per heavy atom. The fraction of sp³-hybridized carbons (Fsp3) is 0.160. The Morgan fingerprint density at radius 1 is 0.875 bits per heavy atom. The van der Waals surface area contributed by atoms with Crippen LogP contribution in [0, 0.1) is 11.8 Å². The van der Waals surface area contributed by atoms with Gasteiger partial charge in [-0.25, -0.2) is 4.98 Å². The van der Waals surface area contributed by atoms with Crippen molar-refractivity contribution in [3.8, 4) is 28.7 Å². The molecular weight excluding hydrogens is 574 g/mol. The molecule has 0 saturated heterocycles. The van der Waals surface area contributed by atoms with E-state index in [1.807, 2.05) is 0 Å². The van der Waals surface area contributed by atoms with E-state index < -0.39 is 34.2 Å². The van der Waals surface area contributed by atoms with Gasteiger partial charge in [-0.05, 0) is 53.9 Å². The molecule has 4 aromatic rings. The van der Waals surface area contributed by atoms with Gasteiger partial charge in [-0.3, -0.25) is 4.72 Å².